The van der Waals surface area contributed by atoms with Gasteiger partial charge in [0, 0.05) is 5.56 Å². The van der Waals surface area contributed by atoms with E-state index in [1.54, 1.807) is 30.3 Å². The number of aromatic hydroxyl groups is 2. The molecule has 2 aromatic carbocycles. The molecule has 0 bridgehead atoms. The van der Waals surface area contributed by atoms with E-state index in [1.807, 2.05) is 24.3 Å². The van der Waals surface area contributed by atoms with E-state index in [-0.39, 0.29) is 24.2 Å². The van der Waals surface area contributed by atoms with Crippen molar-refractivity contribution in [2.45, 2.75) is 25.6 Å². The van der Waals surface area contributed by atoms with Crippen molar-refractivity contribution < 1.29 is 24.8 Å². The highest BCUT2D eigenvalue weighted by Gasteiger charge is 2.18. The van der Waals surface area contributed by atoms with Gasteiger partial charge in [0.25, 0.3) is 0 Å². The topological polar surface area (TPSA) is 79.2 Å². The molecule has 5 heteroatoms. The van der Waals surface area contributed by atoms with Crippen LogP contribution in [0.2, 0.25) is 0 Å². The maximum Gasteiger partial charge on any atom is 0.160 e. The number of hydrogen-bond donors (Lipinski definition) is 3. The molecule has 26 heavy (non-hydrogen) atoms. The van der Waals surface area contributed by atoms with Gasteiger partial charge in [0.15, 0.2) is 11.5 Å². The van der Waals surface area contributed by atoms with Crippen LogP contribution in [-0.2, 0) is 11.3 Å². The first-order valence-corrected chi connectivity index (χ1v) is 8.45. The largest absolute Gasteiger partial charge is 0.508 e. The second-order valence-corrected chi connectivity index (χ2v) is 6.10. The number of rotatable bonds is 5. The predicted octanol–water partition coefficient (Wildman–Crippen LogP) is 4.05. The summed E-state index contributed by atoms with van der Waals surface area (Å²) in [6.45, 7) is -0.211. The van der Waals surface area contributed by atoms with Crippen molar-refractivity contribution in [3.05, 3.63) is 71.0 Å². The van der Waals surface area contributed by atoms with E-state index in [9.17, 15) is 15.3 Å². The third-order valence-electron chi connectivity index (χ3n) is 4.34. The Hall–Kier alpha value is -2.92. The highest BCUT2D eigenvalue weighted by atomic mass is 16.5. The lowest BCUT2D eigenvalue weighted by Crippen LogP contribution is -2.08. The Bertz CT molecular complexity index is 838. The van der Waals surface area contributed by atoms with Crippen molar-refractivity contribution in [2.75, 3.05) is 7.11 Å². The van der Waals surface area contributed by atoms with Crippen LogP contribution in [0.1, 0.15) is 35.6 Å². The van der Waals surface area contributed by atoms with E-state index in [1.165, 1.54) is 7.11 Å². The number of phenolic OH excluding ortho intramolecular Hbond substituents is 1. The number of allylic oxidation sites excluding steroid dienone is 2. The molecular weight excluding hydrogens is 332 g/mol. The van der Waals surface area contributed by atoms with Crippen molar-refractivity contribution in [3.8, 4) is 17.2 Å². The Morgan fingerprint density at radius 2 is 1.92 bits per heavy atom. The van der Waals surface area contributed by atoms with Crippen molar-refractivity contribution in [3.63, 3.8) is 0 Å². The third-order valence-corrected chi connectivity index (χ3v) is 4.34. The zero-order chi connectivity index (χ0) is 18.5. The molecule has 1 atom stereocenters. The van der Waals surface area contributed by atoms with Gasteiger partial charge in [-0.2, -0.15) is 0 Å². The normalized spacial score (nSPS) is 17.0. The first kappa shape index (κ1) is 17.9. The van der Waals surface area contributed by atoms with Crippen LogP contribution in [0.3, 0.4) is 0 Å². The summed E-state index contributed by atoms with van der Waals surface area (Å²) in [6, 6.07) is 10.3. The van der Waals surface area contributed by atoms with Gasteiger partial charge in [0.2, 0.25) is 0 Å². The summed E-state index contributed by atoms with van der Waals surface area (Å²) in [6.07, 6.45) is 7.39. The van der Waals surface area contributed by atoms with Crippen molar-refractivity contribution in [1.29, 1.82) is 0 Å². The Morgan fingerprint density at radius 1 is 1.12 bits per heavy atom. The summed E-state index contributed by atoms with van der Waals surface area (Å²) < 4.78 is 11.2. The highest BCUT2D eigenvalue weighted by molar-refractivity contribution is 5.55. The molecule has 3 rings (SSSR count). The maximum atomic E-state index is 9.73. The lowest BCUT2D eigenvalue weighted by molar-refractivity contribution is 0.105. The fraction of sp³-hybridized carbons (Fsp3) is 0.238. The zero-order valence-electron chi connectivity index (χ0n) is 14.6. The van der Waals surface area contributed by atoms with Gasteiger partial charge >= 0.3 is 0 Å². The summed E-state index contributed by atoms with van der Waals surface area (Å²) in [5.41, 5.74) is 2.30. The molecule has 2 aromatic rings. The molecule has 0 radical (unpaired) electrons. The number of aliphatic hydroxyl groups is 1. The van der Waals surface area contributed by atoms with Crippen LogP contribution in [0.25, 0.3) is 6.08 Å². The number of aliphatic hydroxyl groups excluding tert-OH is 1. The van der Waals surface area contributed by atoms with Crippen LogP contribution in [0.5, 0.6) is 17.2 Å². The van der Waals surface area contributed by atoms with E-state index in [0.29, 0.717) is 11.3 Å². The molecule has 136 valence electrons. The second-order valence-electron chi connectivity index (χ2n) is 6.10. The zero-order valence-corrected chi connectivity index (χ0v) is 14.6. The van der Waals surface area contributed by atoms with Gasteiger partial charge in [0.1, 0.15) is 17.6 Å². The minimum absolute atomic E-state index is 0.0825. The monoisotopic (exact) mass is 354 g/mol. The van der Waals surface area contributed by atoms with Crippen molar-refractivity contribution in [2.24, 2.45) is 0 Å². The van der Waals surface area contributed by atoms with Crippen LogP contribution in [0, 0.1) is 0 Å². The summed E-state index contributed by atoms with van der Waals surface area (Å²) in [4.78, 5) is 0. The molecule has 1 heterocycles. The number of hydrogen-bond acceptors (Lipinski definition) is 5. The van der Waals surface area contributed by atoms with Crippen LogP contribution >= 0.6 is 0 Å². The van der Waals surface area contributed by atoms with E-state index in [4.69, 9.17) is 9.47 Å². The maximum absolute atomic E-state index is 9.73. The molecule has 5 nitrogen and oxygen atoms in total. The lowest BCUT2D eigenvalue weighted by Gasteiger charge is -2.24. The molecule has 0 saturated carbocycles. The van der Waals surface area contributed by atoms with Crippen LogP contribution in [-0.4, -0.2) is 22.4 Å². The quantitative estimate of drug-likeness (QED) is 0.755. The minimum Gasteiger partial charge on any atom is -0.508 e. The fourth-order valence-electron chi connectivity index (χ4n) is 2.90. The third kappa shape index (κ3) is 4.00. The molecule has 0 amide bonds. The van der Waals surface area contributed by atoms with Crippen LogP contribution in [0.4, 0.5) is 0 Å². The Kier molecular flexibility index (Phi) is 5.49. The second kappa shape index (κ2) is 7.97. The molecule has 0 aromatic heterocycles. The summed E-state index contributed by atoms with van der Waals surface area (Å²) >= 11 is 0. The molecule has 1 unspecified atom stereocenters. The van der Waals surface area contributed by atoms with Crippen molar-refractivity contribution >= 4 is 6.08 Å². The molecule has 0 spiro atoms. The first-order chi connectivity index (χ1) is 12.6. The smallest absolute Gasteiger partial charge is 0.160 e. The van der Waals surface area contributed by atoms with Crippen molar-refractivity contribution in [1.82, 2.24) is 0 Å². The van der Waals surface area contributed by atoms with Gasteiger partial charge < -0.3 is 24.8 Å². The van der Waals surface area contributed by atoms with Gasteiger partial charge in [-0.05, 0) is 60.4 Å². The van der Waals surface area contributed by atoms with Gasteiger partial charge in [-0.1, -0.05) is 18.2 Å². The Morgan fingerprint density at radius 3 is 2.69 bits per heavy atom. The number of ether oxygens (including phenoxy) is 2. The van der Waals surface area contributed by atoms with Gasteiger partial charge in [-0.3, -0.25) is 0 Å². The average Bonchev–Trinajstić information content (AvgIpc) is 2.68. The van der Waals surface area contributed by atoms with E-state index >= 15 is 0 Å². The summed E-state index contributed by atoms with van der Waals surface area (Å²) in [5.74, 6) is 1.37. The molecule has 1 aliphatic rings. The molecule has 1 aliphatic heterocycles. The predicted molar refractivity (Wildman–Crippen MR) is 98.9 cm³/mol. The summed E-state index contributed by atoms with van der Waals surface area (Å²) in [5, 5.41) is 28.6. The Balaban J connectivity index is 1.73. The van der Waals surface area contributed by atoms with E-state index in [0.717, 1.165) is 29.7 Å². The molecular formula is C21H22O5. The van der Waals surface area contributed by atoms with Gasteiger partial charge in [0.05, 0.1) is 13.7 Å². The highest BCUT2D eigenvalue weighted by Crippen LogP contribution is 2.35. The van der Waals surface area contributed by atoms with Crippen LogP contribution < -0.4 is 4.74 Å². The SMILES string of the molecule is COc1cc(C2CCC=C(/C=C/c3ccc(O)c(CO)c3)O2)ccc1O. The van der Waals surface area contributed by atoms with E-state index in [2.05, 4.69) is 0 Å². The number of methoxy groups -OCH3 is 1. The standard InChI is InChI=1S/C21H22O5/c1-25-21-12-15(7-10-19(21)24)20-4-2-3-17(26-20)8-5-14-6-9-18(23)16(11-14)13-22/h3,5-12,20,22-24H,2,4,13H2,1H3/b8-5+. The number of phenols is 2. The average molecular weight is 354 g/mol. The molecule has 0 fully saturated rings. The molecule has 3 N–H and O–H groups in total. The lowest BCUT2D eigenvalue weighted by atomic mass is 10.0. The van der Waals surface area contributed by atoms with Crippen LogP contribution in [0.15, 0.2) is 54.3 Å². The fourth-order valence-corrected chi connectivity index (χ4v) is 2.90. The molecule has 0 aliphatic carbocycles. The first-order valence-electron chi connectivity index (χ1n) is 8.45. The number of benzene rings is 2. The molecule has 0 saturated heterocycles. The Labute approximate surface area is 152 Å². The van der Waals surface area contributed by atoms with E-state index < -0.39 is 0 Å². The summed E-state index contributed by atoms with van der Waals surface area (Å²) in [7, 11) is 1.52. The minimum atomic E-state index is -0.211. The van der Waals surface area contributed by atoms with Gasteiger partial charge in [-0.15, -0.1) is 0 Å². The van der Waals surface area contributed by atoms with Gasteiger partial charge in [-0.25, -0.2) is 0 Å².